The first-order valence-corrected chi connectivity index (χ1v) is 10.5. The number of amides is 1. The average molecular weight is 407 g/mol. The van der Waals surface area contributed by atoms with Crippen molar-refractivity contribution in [3.05, 3.63) is 64.7 Å². The van der Waals surface area contributed by atoms with Gasteiger partial charge in [-0.3, -0.25) is 14.9 Å². The van der Waals surface area contributed by atoms with Gasteiger partial charge in [-0.1, -0.05) is 62.7 Å². The summed E-state index contributed by atoms with van der Waals surface area (Å²) in [5, 5.41) is 16.6. The van der Waals surface area contributed by atoms with Crippen molar-refractivity contribution in [3.8, 4) is 0 Å². The highest BCUT2D eigenvalue weighted by Crippen LogP contribution is 2.56. The lowest BCUT2D eigenvalue weighted by atomic mass is 9.62. The molecular formula is C25H30N2O3. The summed E-state index contributed by atoms with van der Waals surface area (Å²) in [6.07, 6.45) is 0.680. The molecule has 158 valence electrons. The molecule has 1 spiro atoms. The number of carboxylic acids is 1. The van der Waals surface area contributed by atoms with Crippen molar-refractivity contribution in [2.45, 2.75) is 64.5 Å². The zero-order valence-corrected chi connectivity index (χ0v) is 18.2. The topological polar surface area (TPSA) is 78.4 Å². The third kappa shape index (κ3) is 3.12. The number of fused-ring (bicyclic) bond motifs is 2. The van der Waals surface area contributed by atoms with Crippen LogP contribution in [0.2, 0.25) is 0 Å². The molecule has 1 amide bonds. The van der Waals surface area contributed by atoms with E-state index in [0.717, 1.165) is 27.9 Å². The van der Waals surface area contributed by atoms with Crippen molar-refractivity contribution in [2.75, 3.05) is 5.32 Å². The van der Waals surface area contributed by atoms with Crippen LogP contribution < -0.4 is 10.6 Å². The lowest BCUT2D eigenvalue weighted by Crippen LogP contribution is -2.49. The second kappa shape index (κ2) is 6.95. The second-order valence-corrected chi connectivity index (χ2v) is 10.1. The first kappa shape index (κ1) is 20.6. The molecule has 3 N–H and O–H groups in total. The summed E-state index contributed by atoms with van der Waals surface area (Å²) in [4.78, 5) is 26.2. The molecule has 30 heavy (non-hydrogen) atoms. The van der Waals surface area contributed by atoms with Crippen LogP contribution >= 0.6 is 0 Å². The highest BCUT2D eigenvalue weighted by molar-refractivity contribution is 6.09. The van der Waals surface area contributed by atoms with Crippen LogP contribution in [0.3, 0.4) is 0 Å². The van der Waals surface area contributed by atoms with Crippen LogP contribution in [0, 0.1) is 19.3 Å². The molecule has 0 aromatic heterocycles. The number of carbonyl (C=O) groups excluding carboxylic acids is 1. The largest absolute Gasteiger partial charge is 0.480 e. The van der Waals surface area contributed by atoms with Gasteiger partial charge in [0.15, 0.2) is 0 Å². The predicted molar refractivity (Wildman–Crippen MR) is 118 cm³/mol. The number of aryl methyl sites for hydroxylation is 2. The van der Waals surface area contributed by atoms with Gasteiger partial charge in [0.25, 0.3) is 0 Å². The standard InChI is InChI=1S/C25H30N2O3/c1-14-7-6-8-16(11-14)20-21(22(28)29)27-19(13-24(3,4)5)25(20)17-10-9-15(2)12-18(17)26-23(25)30/h6-12,19-21,27H,13H2,1-5H3,(H,26,30)(H,28,29)/t19?,20?,21-,25-/m1/s1. The molecule has 1 fully saturated rings. The van der Waals surface area contributed by atoms with E-state index in [1.807, 2.05) is 56.3 Å². The number of nitrogens with one attached hydrogen (secondary N) is 2. The molecule has 2 aliphatic rings. The van der Waals surface area contributed by atoms with E-state index in [-0.39, 0.29) is 17.4 Å². The Bertz CT molecular complexity index is 1020. The molecule has 0 saturated carbocycles. The number of carboxylic acid groups (broad SMARTS) is 1. The summed E-state index contributed by atoms with van der Waals surface area (Å²) in [6, 6.07) is 12.8. The van der Waals surface area contributed by atoms with E-state index >= 15 is 0 Å². The zero-order chi connectivity index (χ0) is 21.8. The number of anilines is 1. The minimum Gasteiger partial charge on any atom is -0.480 e. The van der Waals surface area contributed by atoms with Crippen molar-refractivity contribution in [2.24, 2.45) is 5.41 Å². The summed E-state index contributed by atoms with van der Waals surface area (Å²) in [6.45, 7) is 10.4. The molecule has 2 aromatic rings. The van der Waals surface area contributed by atoms with Crippen LogP contribution in [0.1, 0.15) is 55.4 Å². The summed E-state index contributed by atoms with van der Waals surface area (Å²) in [5.41, 5.74) is 3.63. The number of benzene rings is 2. The normalized spacial score (nSPS) is 27.9. The number of hydrogen-bond donors (Lipinski definition) is 3. The zero-order valence-electron chi connectivity index (χ0n) is 18.2. The Morgan fingerprint density at radius 1 is 1.10 bits per heavy atom. The first-order chi connectivity index (χ1) is 14.0. The van der Waals surface area contributed by atoms with Gasteiger partial charge in [0.1, 0.15) is 11.5 Å². The highest BCUT2D eigenvalue weighted by atomic mass is 16.4. The molecule has 0 radical (unpaired) electrons. The van der Waals surface area contributed by atoms with E-state index < -0.39 is 23.3 Å². The Hall–Kier alpha value is -2.66. The van der Waals surface area contributed by atoms with Crippen LogP contribution in [0.25, 0.3) is 0 Å². The van der Waals surface area contributed by atoms with Crippen molar-refractivity contribution in [3.63, 3.8) is 0 Å². The van der Waals surface area contributed by atoms with Crippen LogP contribution in [0.5, 0.6) is 0 Å². The minimum atomic E-state index is -0.979. The molecule has 2 heterocycles. The second-order valence-electron chi connectivity index (χ2n) is 10.1. The Labute approximate surface area is 177 Å². The van der Waals surface area contributed by atoms with E-state index in [4.69, 9.17) is 0 Å². The fourth-order valence-corrected chi connectivity index (χ4v) is 5.41. The summed E-state index contributed by atoms with van der Waals surface area (Å²) in [5.74, 6) is -1.54. The number of aliphatic carboxylic acids is 1. The van der Waals surface area contributed by atoms with Gasteiger partial charge in [0.05, 0.1) is 0 Å². The van der Waals surface area contributed by atoms with Crippen molar-refractivity contribution < 1.29 is 14.7 Å². The molecule has 5 heteroatoms. The smallest absolute Gasteiger partial charge is 0.321 e. The predicted octanol–water partition coefficient (Wildman–Crippen LogP) is 4.14. The average Bonchev–Trinajstić information content (AvgIpc) is 3.10. The van der Waals surface area contributed by atoms with Gasteiger partial charge in [-0.15, -0.1) is 0 Å². The fourth-order valence-electron chi connectivity index (χ4n) is 5.41. The van der Waals surface area contributed by atoms with Gasteiger partial charge >= 0.3 is 5.97 Å². The molecule has 4 rings (SSSR count). The summed E-state index contributed by atoms with van der Waals surface area (Å²) >= 11 is 0. The molecule has 4 atom stereocenters. The number of rotatable bonds is 3. The van der Waals surface area contributed by atoms with E-state index in [1.165, 1.54) is 0 Å². The third-order valence-corrected chi connectivity index (χ3v) is 6.48. The van der Waals surface area contributed by atoms with Crippen LogP contribution in [0.4, 0.5) is 5.69 Å². The van der Waals surface area contributed by atoms with Gasteiger partial charge in [-0.2, -0.15) is 0 Å². The van der Waals surface area contributed by atoms with E-state index in [0.29, 0.717) is 6.42 Å². The fraction of sp³-hybridized carbons (Fsp3) is 0.440. The molecule has 0 aliphatic carbocycles. The number of hydrogen-bond acceptors (Lipinski definition) is 3. The van der Waals surface area contributed by atoms with Crippen LogP contribution in [-0.2, 0) is 15.0 Å². The lowest BCUT2D eigenvalue weighted by Gasteiger charge is -2.37. The van der Waals surface area contributed by atoms with Gasteiger partial charge in [0, 0.05) is 17.6 Å². The molecule has 2 unspecified atom stereocenters. The Balaban J connectivity index is 2.00. The Kier molecular flexibility index (Phi) is 4.77. The van der Waals surface area contributed by atoms with Gasteiger partial charge in [-0.05, 0) is 48.4 Å². The Morgan fingerprint density at radius 3 is 2.43 bits per heavy atom. The Morgan fingerprint density at radius 2 is 1.80 bits per heavy atom. The van der Waals surface area contributed by atoms with E-state index in [9.17, 15) is 14.7 Å². The van der Waals surface area contributed by atoms with Crippen LogP contribution in [-0.4, -0.2) is 29.1 Å². The maximum atomic E-state index is 13.8. The molecule has 1 saturated heterocycles. The maximum Gasteiger partial charge on any atom is 0.321 e. The van der Waals surface area contributed by atoms with Crippen LogP contribution in [0.15, 0.2) is 42.5 Å². The van der Waals surface area contributed by atoms with Crippen molar-refractivity contribution in [1.82, 2.24) is 5.32 Å². The van der Waals surface area contributed by atoms with Gasteiger partial charge in [-0.25, -0.2) is 0 Å². The molecule has 0 bridgehead atoms. The van der Waals surface area contributed by atoms with E-state index in [1.54, 1.807) is 0 Å². The molecule has 5 nitrogen and oxygen atoms in total. The van der Waals surface area contributed by atoms with Gasteiger partial charge < -0.3 is 10.4 Å². The summed E-state index contributed by atoms with van der Waals surface area (Å²) in [7, 11) is 0. The molecule has 2 aromatic carbocycles. The monoisotopic (exact) mass is 406 g/mol. The number of carbonyl (C=O) groups is 2. The van der Waals surface area contributed by atoms with E-state index in [2.05, 4.69) is 31.4 Å². The molecular weight excluding hydrogens is 376 g/mol. The maximum absolute atomic E-state index is 13.8. The van der Waals surface area contributed by atoms with Crippen molar-refractivity contribution in [1.29, 1.82) is 0 Å². The highest BCUT2D eigenvalue weighted by Gasteiger charge is 2.65. The quantitative estimate of drug-likeness (QED) is 0.716. The summed E-state index contributed by atoms with van der Waals surface area (Å²) < 4.78 is 0. The minimum absolute atomic E-state index is 0.0804. The van der Waals surface area contributed by atoms with Gasteiger partial charge in [0.2, 0.25) is 5.91 Å². The SMILES string of the molecule is Cc1cccc(C2[C@H](C(=O)O)NC(CC(C)(C)C)[C@@]23C(=O)Nc2cc(C)ccc23)c1. The van der Waals surface area contributed by atoms with Crippen molar-refractivity contribution >= 4 is 17.6 Å². The third-order valence-electron chi connectivity index (χ3n) is 6.48. The molecule has 2 aliphatic heterocycles. The first-order valence-electron chi connectivity index (χ1n) is 10.5. The lowest BCUT2D eigenvalue weighted by molar-refractivity contribution is -0.139.